The van der Waals surface area contributed by atoms with Gasteiger partial charge in [0.05, 0.1) is 13.7 Å². The van der Waals surface area contributed by atoms with Gasteiger partial charge < -0.3 is 20.3 Å². The molecule has 0 fully saturated rings. The molecule has 0 aromatic heterocycles. The van der Waals surface area contributed by atoms with Crippen molar-refractivity contribution in [1.82, 2.24) is 0 Å². The first-order valence-electron chi connectivity index (χ1n) is 5.35. The summed E-state index contributed by atoms with van der Waals surface area (Å²) >= 11 is 0. The molecule has 98 valence electrons. The first-order chi connectivity index (χ1) is 8.58. The van der Waals surface area contributed by atoms with Crippen LogP contribution in [0.15, 0.2) is 12.1 Å². The SMILES string of the molecule is COc1cc(C=O)c(N)cc1OCCCC(=O)O. The third-order valence-electron chi connectivity index (χ3n) is 2.29. The maximum atomic E-state index is 10.7. The van der Waals surface area contributed by atoms with Crippen LogP contribution in [-0.4, -0.2) is 31.1 Å². The van der Waals surface area contributed by atoms with Gasteiger partial charge in [0.15, 0.2) is 17.8 Å². The average Bonchev–Trinajstić information content (AvgIpc) is 2.34. The number of nitrogens with two attached hydrogens (primary N) is 1. The summed E-state index contributed by atoms with van der Waals surface area (Å²) < 4.78 is 10.4. The fraction of sp³-hybridized carbons (Fsp3) is 0.333. The minimum Gasteiger partial charge on any atom is -0.493 e. The van der Waals surface area contributed by atoms with Crippen molar-refractivity contribution in [3.63, 3.8) is 0 Å². The third-order valence-corrected chi connectivity index (χ3v) is 2.29. The molecule has 0 saturated heterocycles. The minimum absolute atomic E-state index is 0.0320. The van der Waals surface area contributed by atoms with Gasteiger partial charge in [0.1, 0.15) is 0 Å². The molecule has 0 unspecified atom stereocenters. The Hall–Kier alpha value is -2.24. The summed E-state index contributed by atoms with van der Waals surface area (Å²) in [7, 11) is 1.45. The molecule has 18 heavy (non-hydrogen) atoms. The van der Waals surface area contributed by atoms with Crippen LogP contribution in [-0.2, 0) is 4.79 Å². The monoisotopic (exact) mass is 253 g/mol. The molecular formula is C12H15NO5. The number of carboxylic acid groups (broad SMARTS) is 1. The molecule has 0 spiro atoms. The maximum Gasteiger partial charge on any atom is 0.303 e. The van der Waals surface area contributed by atoms with E-state index >= 15 is 0 Å². The lowest BCUT2D eigenvalue weighted by molar-refractivity contribution is -0.137. The van der Waals surface area contributed by atoms with Gasteiger partial charge in [-0.1, -0.05) is 0 Å². The summed E-state index contributed by atoms with van der Waals surface area (Å²) in [5.74, 6) is -0.0889. The van der Waals surface area contributed by atoms with Gasteiger partial charge in [-0.2, -0.15) is 0 Å². The quantitative estimate of drug-likeness (QED) is 0.432. The highest BCUT2D eigenvalue weighted by Gasteiger charge is 2.09. The number of methoxy groups -OCH3 is 1. The number of hydrogen-bond donors (Lipinski definition) is 2. The van der Waals surface area contributed by atoms with E-state index in [0.29, 0.717) is 35.5 Å². The van der Waals surface area contributed by atoms with Crippen molar-refractivity contribution < 1.29 is 24.2 Å². The molecule has 0 aliphatic heterocycles. The van der Waals surface area contributed by atoms with Crippen LogP contribution < -0.4 is 15.2 Å². The zero-order valence-electron chi connectivity index (χ0n) is 10.0. The number of aliphatic carboxylic acids is 1. The standard InChI is InChI=1S/C12H15NO5/c1-17-10-5-8(7-14)9(13)6-11(10)18-4-2-3-12(15)16/h5-7H,2-4,13H2,1H3,(H,15,16). The topological polar surface area (TPSA) is 98.9 Å². The zero-order valence-corrected chi connectivity index (χ0v) is 10.0. The number of anilines is 1. The van der Waals surface area contributed by atoms with E-state index in [1.54, 1.807) is 0 Å². The Bertz CT molecular complexity index is 444. The number of benzene rings is 1. The van der Waals surface area contributed by atoms with E-state index < -0.39 is 5.97 Å². The van der Waals surface area contributed by atoms with Crippen LogP contribution in [0.3, 0.4) is 0 Å². The second kappa shape index (κ2) is 6.48. The van der Waals surface area contributed by atoms with Gasteiger partial charge in [-0.25, -0.2) is 0 Å². The lowest BCUT2D eigenvalue weighted by atomic mass is 10.2. The van der Waals surface area contributed by atoms with Crippen molar-refractivity contribution in [2.24, 2.45) is 0 Å². The highest BCUT2D eigenvalue weighted by atomic mass is 16.5. The molecular weight excluding hydrogens is 238 g/mol. The predicted octanol–water partition coefficient (Wildman–Crippen LogP) is 1.33. The fourth-order valence-electron chi connectivity index (χ4n) is 1.37. The number of hydrogen-bond acceptors (Lipinski definition) is 5. The van der Waals surface area contributed by atoms with Crippen molar-refractivity contribution in [2.75, 3.05) is 19.5 Å². The van der Waals surface area contributed by atoms with E-state index in [9.17, 15) is 9.59 Å². The maximum absolute atomic E-state index is 10.7. The molecule has 0 aliphatic rings. The minimum atomic E-state index is -0.874. The Balaban J connectivity index is 2.72. The number of ether oxygens (including phenoxy) is 2. The summed E-state index contributed by atoms with van der Waals surface area (Å²) in [6.07, 6.45) is 1.05. The largest absolute Gasteiger partial charge is 0.493 e. The van der Waals surface area contributed by atoms with Gasteiger partial charge in [0, 0.05) is 23.7 Å². The molecule has 1 aromatic carbocycles. The molecule has 6 heteroatoms. The first kappa shape index (κ1) is 13.8. The first-order valence-corrected chi connectivity index (χ1v) is 5.35. The lowest BCUT2D eigenvalue weighted by Crippen LogP contribution is -2.04. The third kappa shape index (κ3) is 3.65. The molecule has 1 rings (SSSR count). The number of carbonyl (C=O) groups is 2. The van der Waals surface area contributed by atoms with Gasteiger partial charge in [0.2, 0.25) is 0 Å². The van der Waals surface area contributed by atoms with Crippen molar-refractivity contribution in [3.8, 4) is 11.5 Å². The Morgan fingerprint density at radius 2 is 2.17 bits per heavy atom. The van der Waals surface area contributed by atoms with E-state index in [-0.39, 0.29) is 13.0 Å². The van der Waals surface area contributed by atoms with Crippen LogP contribution in [0.4, 0.5) is 5.69 Å². The average molecular weight is 253 g/mol. The van der Waals surface area contributed by atoms with Crippen LogP contribution in [0, 0.1) is 0 Å². The number of rotatable bonds is 7. The highest BCUT2D eigenvalue weighted by Crippen LogP contribution is 2.31. The van der Waals surface area contributed by atoms with Gasteiger partial charge in [-0.05, 0) is 12.5 Å². The fourth-order valence-corrected chi connectivity index (χ4v) is 1.37. The number of carbonyl (C=O) groups excluding carboxylic acids is 1. The Labute approximate surface area is 104 Å². The summed E-state index contributed by atoms with van der Waals surface area (Å²) in [6.45, 7) is 0.239. The molecule has 6 nitrogen and oxygen atoms in total. The van der Waals surface area contributed by atoms with Gasteiger partial charge in [-0.3, -0.25) is 9.59 Å². The lowest BCUT2D eigenvalue weighted by Gasteiger charge is -2.12. The van der Waals surface area contributed by atoms with Gasteiger partial charge in [-0.15, -0.1) is 0 Å². The molecule has 0 aliphatic carbocycles. The van der Waals surface area contributed by atoms with Crippen LogP contribution in [0.1, 0.15) is 23.2 Å². The van der Waals surface area contributed by atoms with E-state index in [4.69, 9.17) is 20.3 Å². The molecule has 1 aromatic rings. The number of carboxylic acids is 1. The highest BCUT2D eigenvalue weighted by molar-refractivity contribution is 5.85. The zero-order chi connectivity index (χ0) is 13.5. The molecule has 0 saturated carbocycles. The Morgan fingerprint density at radius 1 is 1.44 bits per heavy atom. The van der Waals surface area contributed by atoms with Gasteiger partial charge in [0.25, 0.3) is 0 Å². The van der Waals surface area contributed by atoms with Crippen molar-refractivity contribution in [1.29, 1.82) is 0 Å². The summed E-state index contributed by atoms with van der Waals surface area (Å²) in [5.41, 5.74) is 6.26. The number of nitrogen functional groups attached to an aromatic ring is 1. The molecule has 0 radical (unpaired) electrons. The van der Waals surface area contributed by atoms with Gasteiger partial charge >= 0.3 is 5.97 Å². The van der Waals surface area contributed by atoms with Crippen molar-refractivity contribution in [2.45, 2.75) is 12.8 Å². The summed E-state index contributed by atoms with van der Waals surface area (Å²) in [4.78, 5) is 21.0. The molecule has 0 bridgehead atoms. The van der Waals surface area contributed by atoms with Crippen molar-refractivity contribution >= 4 is 17.9 Å². The summed E-state index contributed by atoms with van der Waals surface area (Å²) in [6, 6.07) is 2.97. The summed E-state index contributed by atoms with van der Waals surface area (Å²) in [5, 5.41) is 8.48. The Kier molecular flexibility index (Phi) is 4.98. The van der Waals surface area contributed by atoms with Crippen molar-refractivity contribution in [3.05, 3.63) is 17.7 Å². The number of aldehydes is 1. The van der Waals surface area contributed by atoms with Crippen LogP contribution >= 0.6 is 0 Å². The second-order valence-corrected chi connectivity index (χ2v) is 3.60. The predicted molar refractivity (Wildman–Crippen MR) is 65.2 cm³/mol. The van der Waals surface area contributed by atoms with Crippen LogP contribution in [0.25, 0.3) is 0 Å². The van der Waals surface area contributed by atoms with E-state index in [1.807, 2.05) is 0 Å². The Morgan fingerprint density at radius 3 is 2.72 bits per heavy atom. The van der Waals surface area contributed by atoms with E-state index in [2.05, 4.69) is 0 Å². The molecule has 0 heterocycles. The molecule has 0 atom stereocenters. The van der Waals surface area contributed by atoms with E-state index in [1.165, 1.54) is 19.2 Å². The van der Waals surface area contributed by atoms with Crippen LogP contribution in [0.5, 0.6) is 11.5 Å². The smallest absolute Gasteiger partial charge is 0.303 e. The van der Waals surface area contributed by atoms with E-state index in [0.717, 1.165) is 0 Å². The second-order valence-electron chi connectivity index (χ2n) is 3.60. The molecule has 0 amide bonds. The van der Waals surface area contributed by atoms with Crippen LogP contribution in [0.2, 0.25) is 0 Å². The molecule has 3 N–H and O–H groups in total. The normalized spacial score (nSPS) is 9.83.